The molecule has 3 aromatic rings. The number of aromatic nitrogens is 4. The van der Waals surface area contributed by atoms with E-state index in [-0.39, 0.29) is 0 Å². The Hall–Kier alpha value is -2.47. The van der Waals surface area contributed by atoms with Crippen molar-refractivity contribution in [3.63, 3.8) is 0 Å². The van der Waals surface area contributed by atoms with Crippen LogP contribution in [0.1, 0.15) is 55.4 Å². The van der Waals surface area contributed by atoms with Gasteiger partial charge >= 0.3 is 0 Å². The quantitative estimate of drug-likeness (QED) is 0.687. The van der Waals surface area contributed by atoms with Crippen molar-refractivity contribution in [1.82, 2.24) is 24.8 Å². The summed E-state index contributed by atoms with van der Waals surface area (Å²) in [4.78, 5) is 2.47. The predicted molar refractivity (Wildman–Crippen MR) is 107 cm³/mol. The molecule has 146 valence electrons. The lowest BCUT2D eigenvalue weighted by molar-refractivity contribution is 0.175. The molecule has 1 fully saturated rings. The van der Waals surface area contributed by atoms with Gasteiger partial charge < -0.3 is 9.09 Å². The Morgan fingerprint density at radius 1 is 1.00 bits per heavy atom. The third-order valence-electron chi connectivity index (χ3n) is 6.02. The van der Waals surface area contributed by atoms with Crippen molar-refractivity contribution in [1.29, 1.82) is 0 Å². The molecule has 5 rings (SSSR count). The maximum atomic E-state index is 5.63. The molecular formula is C22H27N5O. The van der Waals surface area contributed by atoms with E-state index in [0.29, 0.717) is 5.92 Å². The van der Waals surface area contributed by atoms with Crippen LogP contribution in [0.3, 0.4) is 0 Å². The highest BCUT2D eigenvalue weighted by Gasteiger charge is 2.28. The van der Waals surface area contributed by atoms with Gasteiger partial charge in [-0.15, -0.1) is 10.2 Å². The minimum atomic E-state index is 0.463. The molecule has 28 heavy (non-hydrogen) atoms. The second kappa shape index (κ2) is 7.87. The molecule has 2 aliphatic rings. The standard InChI is InChI=1S/C22H27N5O/c1-3-8-17(9-4-1)20-14-19(28-25-20)16-26-12-7-10-18(15-26)22-24-23-21-11-5-2-6-13-27(21)22/h1,3-4,8-9,14,18H,2,5-7,10-13,15-16H2. The normalized spacial score (nSPS) is 20.6. The molecule has 0 saturated carbocycles. The molecule has 0 bridgehead atoms. The van der Waals surface area contributed by atoms with Gasteiger partial charge in [-0.1, -0.05) is 41.9 Å². The molecule has 2 aliphatic heterocycles. The molecule has 4 heterocycles. The fourth-order valence-electron chi connectivity index (χ4n) is 4.57. The van der Waals surface area contributed by atoms with Crippen LogP contribution >= 0.6 is 0 Å². The van der Waals surface area contributed by atoms with Crippen LogP contribution in [0.25, 0.3) is 11.3 Å². The van der Waals surface area contributed by atoms with Gasteiger partial charge in [0.15, 0.2) is 5.76 Å². The van der Waals surface area contributed by atoms with Gasteiger partial charge in [0.1, 0.15) is 17.3 Å². The molecule has 2 aromatic heterocycles. The van der Waals surface area contributed by atoms with Crippen molar-refractivity contribution in [3.8, 4) is 11.3 Å². The van der Waals surface area contributed by atoms with Crippen molar-refractivity contribution in [2.75, 3.05) is 13.1 Å². The molecule has 0 radical (unpaired) electrons. The van der Waals surface area contributed by atoms with Crippen LogP contribution in [-0.2, 0) is 19.5 Å². The Morgan fingerprint density at radius 3 is 2.86 bits per heavy atom. The summed E-state index contributed by atoms with van der Waals surface area (Å²) < 4.78 is 8.04. The first-order chi connectivity index (χ1) is 13.9. The summed E-state index contributed by atoms with van der Waals surface area (Å²) >= 11 is 0. The number of rotatable bonds is 4. The maximum absolute atomic E-state index is 5.63. The highest BCUT2D eigenvalue weighted by Crippen LogP contribution is 2.29. The SMILES string of the molecule is c1ccc(-c2cc(CN3CCCC(c4nnc5n4CCCCC5)C3)on2)cc1. The smallest absolute Gasteiger partial charge is 0.151 e. The molecule has 6 nitrogen and oxygen atoms in total. The number of likely N-dealkylation sites (tertiary alicyclic amines) is 1. The zero-order valence-electron chi connectivity index (χ0n) is 16.3. The molecule has 1 aromatic carbocycles. The van der Waals surface area contributed by atoms with E-state index < -0.39 is 0 Å². The van der Waals surface area contributed by atoms with Crippen LogP contribution < -0.4 is 0 Å². The lowest BCUT2D eigenvalue weighted by Gasteiger charge is -2.31. The molecule has 0 aliphatic carbocycles. The maximum Gasteiger partial charge on any atom is 0.151 e. The average Bonchev–Trinajstić information content (AvgIpc) is 3.30. The van der Waals surface area contributed by atoms with E-state index in [9.17, 15) is 0 Å². The van der Waals surface area contributed by atoms with Gasteiger partial charge in [-0.25, -0.2) is 0 Å². The Kier molecular flexibility index (Phi) is 4.95. The zero-order valence-corrected chi connectivity index (χ0v) is 16.3. The lowest BCUT2D eigenvalue weighted by atomic mass is 9.97. The fraction of sp³-hybridized carbons (Fsp3) is 0.500. The van der Waals surface area contributed by atoms with Crippen molar-refractivity contribution >= 4 is 0 Å². The summed E-state index contributed by atoms with van der Waals surface area (Å²) in [5.74, 6) is 3.78. The first-order valence-electron chi connectivity index (χ1n) is 10.5. The predicted octanol–water partition coefficient (Wildman–Crippen LogP) is 4.04. The summed E-state index contributed by atoms with van der Waals surface area (Å²) in [7, 11) is 0. The molecule has 0 spiro atoms. The Labute approximate surface area is 165 Å². The largest absolute Gasteiger partial charge is 0.359 e. The van der Waals surface area contributed by atoms with Crippen LogP contribution in [-0.4, -0.2) is 37.9 Å². The Bertz CT molecular complexity index is 916. The second-order valence-corrected chi connectivity index (χ2v) is 8.06. The average molecular weight is 377 g/mol. The minimum absolute atomic E-state index is 0.463. The van der Waals surface area contributed by atoms with E-state index in [1.807, 2.05) is 18.2 Å². The Morgan fingerprint density at radius 2 is 1.93 bits per heavy atom. The van der Waals surface area contributed by atoms with Crippen molar-refractivity contribution in [2.24, 2.45) is 0 Å². The molecule has 1 atom stereocenters. The number of hydrogen-bond acceptors (Lipinski definition) is 5. The molecule has 1 saturated heterocycles. The van der Waals surface area contributed by atoms with E-state index in [1.165, 1.54) is 43.8 Å². The second-order valence-electron chi connectivity index (χ2n) is 8.06. The molecule has 1 unspecified atom stereocenters. The van der Waals surface area contributed by atoms with Gasteiger partial charge in [0.05, 0.1) is 6.54 Å². The first-order valence-corrected chi connectivity index (χ1v) is 10.5. The van der Waals surface area contributed by atoms with Gasteiger partial charge in [0.2, 0.25) is 0 Å². The van der Waals surface area contributed by atoms with E-state index in [4.69, 9.17) is 4.52 Å². The van der Waals surface area contributed by atoms with Gasteiger partial charge in [0.25, 0.3) is 0 Å². The molecule has 0 N–H and O–H groups in total. The summed E-state index contributed by atoms with van der Waals surface area (Å²) in [5, 5.41) is 13.4. The van der Waals surface area contributed by atoms with Crippen LogP contribution in [0.4, 0.5) is 0 Å². The minimum Gasteiger partial charge on any atom is -0.359 e. The summed E-state index contributed by atoms with van der Waals surface area (Å²) in [6.07, 6.45) is 7.24. The van der Waals surface area contributed by atoms with Crippen LogP contribution in [0, 0.1) is 0 Å². The van der Waals surface area contributed by atoms with E-state index in [0.717, 1.165) is 49.6 Å². The van der Waals surface area contributed by atoms with E-state index in [2.05, 4.69) is 43.0 Å². The number of nitrogens with zero attached hydrogens (tertiary/aromatic N) is 5. The summed E-state index contributed by atoms with van der Waals surface area (Å²) in [6.45, 7) is 3.99. The van der Waals surface area contributed by atoms with Crippen molar-refractivity contribution < 1.29 is 4.52 Å². The Balaban J connectivity index is 1.28. The number of aryl methyl sites for hydroxylation is 1. The highest BCUT2D eigenvalue weighted by atomic mass is 16.5. The zero-order chi connectivity index (χ0) is 18.8. The number of piperidine rings is 1. The summed E-state index contributed by atoms with van der Waals surface area (Å²) in [5.41, 5.74) is 2.01. The van der Waals surface area contributed by atoms with Gasteiger partial charge in [-0.05, 0) is 32.2 Å². The highest BCUT2D eigenvalue weighted by molar-refractivity contribution is 5.58. The van der Waals surface area contributed by atoms with Crippen LogP contribution in [0.2, 0.25) is 0 Å². The lowest BCUT2D eigenvalue weighted by Crippen LogP contribution is -2.35. The monoisotopic (exact) mass is 377 g/mol. The molecule has 6 heteroatoms. The fourth-order valence-corrected chi connectivity index (χ4v) is 4.57. The van der Waals surface area contributed by atoms with Gasteiger partial charge in [-0.2, -0.15) is 0 Å². The molecule has 0 amide bonds. The number of fused-ring (bicyclic) bond motifs is 1. The van der Waals surface area contributed by atoms with Crippen LogP contribution in [0.5, 0.6) is 0 Å². The van der Waals surface area contributed by atoms with Gasteiger partial charge in [-0.3, -0.25) is 4.90 Å². The molecular weight excluding hydrogens is 350 g/mol. The summed E-state index contributed by atoms with van der Waals surface area (Å²) in [6, 6.07) is 12.3. The van der Waals surface area contributed by atoms with E-state index in [1.54, 1.807) is 0 Å². The first kappa shape index (κ1) is 17.6. The van der Waals surface area contributed by atoms with Crippen LogP contribution in [0.15, 0.2) is 40.9 Å². The van der Waals surface area contributed by atoms with Crippen molar-refractivity contribution in [2.45, 2.75) is 57.5 Å². The third kappa shape index (κ3) is 3.61. The number of benzene rings is 1. The van der Waals surface area contributed by atoms with Gasteiger partial charge in [0, 0.05) is 37.1 Å². The number of hydrogen-bond donors (Lipinski definition) is 0. The topological polar surface area (TPSA) is 60.0 Å². The van der Waals surface area contributed by atoms with Crippen molar-refractivity contribution in [3.05, 3.63) is 53.8 Å². The third-order valence-corrected chi connectivity index (χ3v) is 6.02. The van der Waals surface area contributed by atoms with E-state index >= 15 is 0 Å².